The third-order valence-electron chi connectivity index (χ3n) is 4.35. The maximum Gasteiger partial charge on any atom is 0.414 e. The average molecular weight is 329 g/mol. The van der Waals surface area contributed by atoms with Crippen LogP contribution in [0.4, 0.5) is 20.6 Å². The van der Waals surface area contributed by atoms with Crippen molar-refractivity contribution in [2.45, 2.75) is 19.2 Å². The number of anilines is 2. The zero-order valence-corrected chi connectivity index (χ0v) is 12.9. The molecule has 1 saturated heterocycles. The summed E-state index contributed by atoms with van der Waals surface area (Å²) in [5.41, 5.74) is 2.94. The van der Waals surface area contributed by atoms with Gasteiger partial charge in [0.25, 0.3) is 0 Å². The summed E-state index contributed by atoms with van der Waals surface area (Å²) in [5.74, 6) is -0.402. The van der Waals surface area contributed by atoms with Crippen LogP contribution >= 0.6 is 0 Å². The zero-order valence-electron chi connectivity index (χ0n) is 12.9. The van der Waals surface area contributed by atoms with Gasteiger partial charge in [-0.25, -0.2) is 9.18 Å². The number of rotatable bonds is 3. The number of aromatic nitrogens is 1. The molecule has 0 aliphatic carbocycles. The molecule has 0 unspecified atom stereocenters. The minimum Gasteiger partial charge on any atom is -0.441 e. The number of ether oxygens (including phenoxy) is 1. The number of cyclic esters (lactones) is 1. The monoisotopic (exact) mass is 329 g/mol. The summed E-state index contributed by atoms with van der Waals surface area (Å²) in [5, 5.41) is 9.09. The number of benzene rings is 1. The molecule has 1 N–H and O–H groups in total. The molecule has 1 atom stereocenters. The molecular formula is C17H16FN3O3. The van der Waals surface area contributed by atoms with E-state index < -0.39 is 18.0 Å². The largest absolute Gasteiger partial charge is 0.441 e. The smallest absolute Gasteiger partial charge is 0.414 e. The first-order valence-corrected chi connectivity index (χ1v) is 7.72. The van der Waals surface area contributed by atoms with Gasteiger partial charge in [-0.15, -0.1) is 0 Å². The Balaban J connectivity index is 1.57. The maximum atomic E-state index is 14.6. The topological polar surface area (TPSA) is 65.9 Å². The summed E-state index contributed by atoms with van der Waals surface area (Å²) in [6.07, 6.45) is 0.594. The van der Waals surface area contributed by atoms with Crippen LogP contribution in [-0.4, -0.2) is 35.4 Å². The molecule has 7 heteroatoms. The lowest BCUT2D eigenvalue weighted by molar-refractivity contribution is 0.0963. The van der Waals surface area contributed by atoms with Gasteiger partial charge in [-0.3, -0.25) is 9.88 Å². The van der Waals surface area contributed by atoms with Gasteiger partial charge < -0.3 is 14.7 Å². The summed E-state index contributed by atoms with van der Waals surface area (Å²) in [6, 6.07) is 8.54. The second-order valence-corrected chi connectivity index (χ2v) is 5.90. The summed E-state index contributed by atoms with van der Waals surface area (Å²) >= 11 is 0. The van der Waals surface area contributed by atoms with Crippen LogP contribution in [0.2, 0.25) is 0 Å². The molecule has 124 valence electrons. The summed E-state index contributed by atoms with van der Waals surface area (Å²) in [7, 11) is 0. The van der Waals surface area contributed by atoms with E-state index >= 15 is 0 Å². The Bertz CT molecular complexity index is 773. The molecule has 1 amide bonds. The van der Waals surface area contributed by atoms with Gasteiger partial charge in [0, 0.05) is 12.7 Å². The first-order chi connectivity index (χ1) is 11.7. The van der Waals surface area contributed by atoms with E-state index in [2.05, 4.69) is 4.98 Å². The number of fused-ring (bicyclic) bond motifs is 1. The van der Waals surface area contributed by atoms with Crippen LogP contribution in [0.15, 0.2) is 36.5 Å². The SMILES string of the molecule is O=C1O[C@@H](CO)CN1c1ccc(N2Cc3cccnc3C2)c(F)c1. The number of aliphatic hydroxyl groups is 1. The Morgan fingerprint density at radius 3 is 2.92 bits per heavy atom. The van der Waals surface area contributed by atoms with E-state index in [-0.39, 0.29) is 13.2 Å². The average Bonchev–Trinajstić information content (AvgIpc) is 3.17. The lowest BCUT2D eigenvalue weighted by Crippen LogP contribution is -2.25. The Kier molecular flexibility index (Phi) is 3.57. The third kappa shape index (κ3) is 2.46. The molecule has 2 aromatic rings. The van der Waals surface area contributed by atoms with Crippen molar-refractivity contribution in [3.05, 3.63) is 53.6 Å². The van der Waals surface area contributed by atoms with Gasteiger partial charge in [-0.2, -0.15) is 0 Å². The number of aliphatic hydroxyl groups excluding tert-OH is 1. The fourth-order valence-corrected chi connectivity index (χ4v) is 3.12. The molecule has 2 aliphatic rings. The maximum absolute atomic E-state index is 14.6. The lowest BCUT2D eigenvalue weighted by atomic mass is 10.2. The standard InChI is InChI=1S/C17H16FN3O3/c18-14-6-12(21-8-13(10-22)24-17(21)23)3-4-16(14)20-7-11-2-1-5-19-15(11)9-20/h1-6,13,22H,7-10H2/t13-/m1/s1. The van der Waals surface area contributed by atoms with Crippen molar-refractivity contribution in [3.8, 4) is 0 Å². The molecule has 1 aromatic carbocycles. The van der Waals surface area contributed by atoms with E-state index in [4.69, 9.17) is 9.84 Å². The van der Waals surface area contributed by atoms with Gasteiger partial charge in [0.2, 0.25) is 0 Å². The second kappa shape index (κ2) is 5.76. The van der Waals surface area contributed by atoms with Gasteiger partial charge in [0.1, 0.15) is 11.9 Å². The highest BCUT2D eigenvalue weighted by molar-refractivity contribution is 5.90. The molecule has 1 aromatic heterocycles. The van der Waals surface area contributed by atoms with E-state index in [0.717, 1.165) is 11.3 Å². The van der Waals surface area contributed by atoms with Crippen molar-refractivity contribution in [1.29, 1.82) is 0 Å². The summed E-state index contributed by atoms with van der Waals surface area (Å²) in [4.78, 5) is 19.4. The van der Waals surface area contributed by atoms with Crippen molar-refractivity contribution in [2.24, 2.45) is 0 Å². The Labute approximate surface area is 138 Å². The highest BCUT2D eigenvalue weighted by Crippen LogP contribution is 2.32. The molecule has 0 spiro atoms. The second-order valence-electron chi connectivity index (χ2n) is 5.90. The lowest BCUT2D eigenvalue weighted by Gasteiger charge is -2.20. The van der Waals surface area contributed by atoms with Gasteiger partial charge >= 0.3 is 6.09 Å². The van der Waals surface area contributed by atoms with Crippen LogP contribution in [0.1, 0.15) is 11.3 Å². The molecule has 6 nitrogen and oxygen atoms in total. The van der Waals surface area contributed by atoms with E-state index in [1.54, 1.807) is 18.3 Å². The fourth-order valence-electron chi connectivity index (χ4n) is 3.12. The van der Waals surface area contributed by atoms with Crippen LogP contribution < -0.4 is 9.80 Å². The molecule has 0 radical (unpaired) electrons. The number of carbonyl (C=O) groups excluding carboxylic acids is 1. The summed E-state index contributed by atoms with van der Waals surface area (Å²) < 4.78 is 19.6. The predicted molar refractivity (Wildman–Crippen MR) is 85.2 cm³/mol. The first-order valence-electron chi connectivity index (χ1n) is 7.72. The summed E-state index contributed by atoms with van der Waals surface area (Å²) in [6.45, 7) is 1.14. The van der Waals surface area contributed by atoms with Gasteiger partial charge in [0.05, 0.1) is 36.8 Å². The number of pyridine rings is 1. The van der Waals surface area contributed by atoms with Crippen LogP contribution in [0.5, 0.6) is 0 Å². The highest BCUT2D eigenvalue weighted by atomic mass is 19.1. The van der Waals surface area contributed by atoms with E-state index in [1.807, 2.05) is 17.0 Å². The van der Waals surface area contributed by atoms with Gasteiger partial charge in [0.15, 0.2) is 0 Å². The molecule has 4 rings (SSSR count). The van der Waals surface area contributed by atoms with Crippen LogP contribution in [0.3, 0.4) is 0 Å². The Morgan fingerprint density at radius 1 is 1.33 bits per heavy atom. The number of amides is 1. The van der Waals surface area contributed by atoms with E-state index in [1.165, 1.54) is 11.0 Å². The van der Waals surface area contributed by atoms with Gasteiger partial charge in [-0.05, 0) is 29.8 Å². The van der Waals surface area contributed by atoms with Crippen LogP contribution in [-0.2, 0) is 17.8 Å². The van der Waals surface area contributed by atoms with E-state index in [9.17, 15) is 9.18 Å². The molecular weight excluding hydrogens is 313 g/mol. The van der Waals surface area contributed by atoms with Crippen molar-refractivity contribution >= 4 is 17.5 Å². The molecule has 1 fully saturated rings. The first kappa shape index (κ1) is 14.9. The molecule has 0 saturated carbocycles. The Morgan fingerprint density at radius 2 is 2.21 bits per heavy atom. The number of hydrogen-bond acceptors (Lipinski definition) is 5. The van der Waals surface area contributed by atoms with Crippen LogP contribution in [0, 0.1) is 5.82 Å². The molecule has 0 bridgehead atoms. The number of hydrogen-bond donors (Lipinski definition) is 1. The minimum absolute atomic E-state index is 0.215. The number of halogens is 1. The Hall–Kier alpha value is -2.67. The quantitative estimate of drug-likeness (QED) is 0.934. The number of nitrogens with zero attached hydrogens (tertiary/aromatic N) is 3. The van der Waals surface area contributed by atoms with Crippen molar-refractivity contribution < 1.29 is 19.0 Å². The molecule has 24 heavy (non-hydrogen) atoms. The number of carbonyl (C=O) groups is 1. The normalized spacial score (nSPS) is 19.6. The zero-order chi connectivity index (χ0) is 16.7. The molecule has 3 heterocycles. The highest BCUT2D eigenvalue weighted by Gasteiger charge is 2.32. The van der Waals surface area contributed by atoms with Crippen molar-refractivity contribution in [3.63, 3.8) is 0 Å². The predicted octanol–water partition coefficient (Wildman–Crippen LogP) is 2.06. The van der Waals surface area contributed by atoms with Crippen molar-refractivity contribution in [1.82, 2.24) is 4.98 Å². The fraction of sp³-hybridized carbons (Fsp3) is 0.294. The van der Waals surface area contributed by atoms with Crippen LogP contribution in [0.25, 0.3) is 0 Å². The molecule has 2 aliphatic heterocycles. The van der Waals surface area contributed by atoms with Crippen molar-refractivity contribution in [2.75, 3.05) is 23.0 Å². The van der Waals surface area contributed by atoms with E-state index in [0.29, 0.717) is 24.5 Å². The minimum atomic E-state index is -0.570. The third-order valence-corrected chi connectivity index (χ3v) is 4.35. The van der Waals surface area contributed by atoms with Gasteiger partial charge in [-0.1, -0.05) is 6.07 Å².